The standard InChI is InChI=1S/C21H26N2.C4H4O4/c1-4-23(5-2)15-19-14-18-12-11-16(3)13-20(18)21(22-19)17-9-7-6-8-10-17;5-3(6)1-2-4(7)8/h6-13,19H,4-5,14-15H2,1-3H3;1-2H,(H,5,6)(H,7,8)/b;2-1+. The number of aryl methyl sites for hydroxylation is 1. The molecular formula is C25H30N2O4. The monoisotopic (exact) mass is 422 g/mol. The van der Waals surface area contributed by atoms with Crippen molar-refractivity contribution >= 4 is 17.7 Å². The van der Waals surface area contributed by atoms with Gasteiger partial charge in [0.05, 0.1) is 11.8 Å². The molecule has 2 aromatic carbocycles. The summed E-state index contributed by atoms with van der Waals surface area (Å²) in [6.07, 6.45) is 2.16. The second-order valence-corrected chi connectivity index (χ2v) is 7.36. The summed E-state index contributed by atoms with van der Waals surface area (Å²) in [4.78, 5) is 26.7. The van der Waals surface area contributed by atoms with Gasteiger partial charge in [-0.05, 0) is 38.1 Å². The summed E-state index contributed by atoms with van der Waals surface area (Å²) in [6.45, 7) is 9.83. The fraction of sp³-hybridized carbons (Fsp3) is 0.320. The Kier molecular flexibility index (Phi) is 9.15. The minimum Gasteiger partial charge on any atom is -0.478 e. The van der Waals surface area contributed by atoms with Crippen LogP contribution in [0, 0.1) is 6.92 Å². The summed E-state index contributed by atoms with van der Waals surface area (Å²) in [5.74, 6) is -2.51. The molecule has 0 amide bonds. The molecule has 3 rings (SSSR count). The predicted molar refractivity (Wildman–Crippen MR) is 123 cm³/mol. The SMILES string of the molecule is CCN(CC)CC1Cc2ccc(C)cc2C(c2ccccc2)=N1.O=C(O)/C=C/C(=O)O. The smallest absolute Gasteiger partial charge is 0.328 e. The van der Waals surface area contributed by atoms with Crippen molar-refractivity contribution in [1.82, 2.24) is 4.90 Å². The fourth-order valence-electron chi connectivity index (χ4n) is 3.49. The number of carboxylic acids is 2. The molecule has 0 spiro atoms. The molecule has 0 fully saturated rings. The minimum absolute atomic E-state index is 0.348. The average Bonchev–Trinajstić information content (AvgIpc) is 2.76. The lowest BCUT2D eigenvalue weighted by Gasteiger charge is -2.28. The van der Waals surface area contributed by atoms with E-state index >= 15 is 0 Å². The van der Waals surface area contributed by atoms with Crippen molar-refractivity contribution in [2.24, 2.45) is 4.99 Å². The van der Waals surface area contributed by atoms with Crippen LogP contribution in [-0.4, -0.2) is 58.4 Å². The van der Waals surface area contributed by atoms with E-state index in [1.54, 1.807) is 0 Å². The van der Waals surface area contributed by atoms with Gasteiger partial charge >= 0.3 is 11.9 Å². The topological polar surface area (TPSA) is 90.2 Å². The third-order valence-corrected chi connectivity index (χ3v) is 5.07. The number of hydrogen-bond acceptors (Lipinski definition) is 4. The van der Waals surface area contributed by atoms with E-state index in [0.717, 1.165) is 31.8 Å². The van der Waals surface area contributed by atoms with Crippen LogP contribution in [0.3, 0.4) is 0 Å². The summed E-state index contributed by atoms with van der Waals surface area (Å²) in [6, 6.07) is 17.8. The van der Waals surface area contributed by atoms with Crippen LogP contribution in [0.25, 0.3) is 0 Å². The van der Waals surface area contributed by atoms with E-state index in [1.165, 1.54) is 22.3 Å². The van der Waals surface area contributed by atoms with E-state index in [9.17, 15) is 9.59 Å². The van der Waals surface area contributed by atoms with Crippen LogP contribution < -0.4 is 0 Å². The Bertz CT molecular complexity index is 931. The molecule has 0 aromatic heterocycles. The third-order valence-electron chi connectivity index (χ3n) is 5.07. The number of fused-ring (bicyclic) bond motifs is 1. The van der Waals surface area contributed by atoms with Gasteiger partial charge in [0, 0.05) is 29.8 Å². The van der Waals surface area contributed by atoms with Gasteiger partial charge in [-0.1, -0.05) is 61.9 Å². The largest absolute Gasteiger partial charge is 0.478 e. The Hall–Kier alpha value is -3.25. The Morgan fingerprint density at radius 2 is 1.65 bits per heavy atom. The number of aliphatic carboxylic acids is 2. The molecule has 0 bridgehead atoms. The zero-order chi connectivity index (χ0) is 22.8. The van der Waals surface area contributed by atoms with Crippen molar-refractivity contribution in [1.29, 1.82) is 0 Å². The maximum absolute atomic E-state index is 9.55. The van der Waals surface area contributed by atoms with E-state index in [4.69, 9.17) is 15.2 Å². The molecule has 1 heterocycles. The van der Waals surface area contributed by atoms with Gasteiger partial charge < -0.3 is 15.1 Å². The first-order valence-electron chi connectivity index (χ1n) is 10.4. The van der Waals surface area contributed by atoms with Crippen LogP contribution in [0.1, 0.15) is 36.1 Å². The highest BCUT2D eigenvalue weighted by molar-refractivity contribution is 6.14. The molecule has 164 valence electrons. The molecule has 6 heteroatoms. The van der Waals surface area contributed by atoms with Crippen LogP contribution in [0.2, 0.25) is 0 Å². The Morgan fingerprint density at radius 3 is 2.19 bits per heavy atom. The molecule has 6 nitrogen and oxygen atoms in total. The Morgan fingerprint density at radius 1 is 1.03 bits per heavy atom. The number of rotatable bonds is 7. The molecule has 0 saturated heterocycles. The number of aliphatic imine (C=N–C) groups is 1. The Labute approximate surface area is 183 Å². The van der Waals surface area contributed by atoms with Gasteiger partial charge in [0.15, 0.2) is 0 Å². The number of hydrogen-bond donors (Lipinski definition) is 2. The van der Waals surface area contributed by atoms with E-state index in [1.807, 2.05) is 0 Å². The molecule has 0 radical (unpaired) electrons. The molecule has 1 unspecified atom stereocenters. The number of nitrogens with zero attached hydrogens (tertiary/aromatic N) is 2. The summed E-state index contributed by atoms with van der Waals surface area (Å²) < 4.78 is 0. The fourth-order valence-corrected chi connectivity index (χ4v) is 3.49. The highest BCUT2D eigenvalue weighted by Gasteiger charge is 2.23. The first kappa shape index (κ1) is 24.0. The van der Waals surface area contributed by atoms with Crippen LogP contribution in [0.5, 0.6) is 0 Å². The van der Waals surface area contributed by atoms with Gasteiger partial charge in [-0.15, -0.1) is 0 Å². The summed E-state index contributed by atoms with van der Waals surface area (Å²) in [5.41, 5.74) is 6.43. The van der Waals surface area contributed by atoms with Crippen LogP contribution in [-0.2, 0) is 16.0 Å². The Balaban J connectivity index is 0.000000366. The van der Waals surface area contributed by atoms with Gasteiger partial charge in [-0.3, -0.25) is 4.99 Å². The van der Waals surface area contributed by atoms with Crippen molar-refractivity contribution in [2.45, 2.75) is 33.2 Å². The van der Waals surface area contributed by atoms with Gasteiger partial charge in [-0.2, -0.15) is 0 Å². The van der Waals surface area contributed by atoms with Gasteiger partial charge in [0.25, 0.3) is 0 Å². The maximum atomic E-state index is 9.55. The summed E-state index contributed by atoms with van der Waals surface area (Å²) in [5, 5.41) is 15.6. The molecule has 0 aliphatic carbocycles. The van der Waals surface area contributed by atoms with Crippen molar-refractivity contribution in [2.75, 3.05) is 19.6 Å². The van der Waals surface area contributed by atoms with Crippen LogP contribution >= 0.6 is 0 Å². The zero-order valence-corrected chi connectivity index (χ0v) is 18.3. The van der Waals surface area contributed by atoms with Crippen molar-refractivity contribution < 1.29 is 19.8 Å². The number of carbonyl (C=O) groups is 2. The predicted octanol–water partition coefficient (Wildman–Crippen LogP) is 3.81. The van der Waals surface area contributed by atoms with E-state index in [2.05, 4.69) is 74.2 Å². The lowest BCUT2D eigenvalue weighted by Crippen LogP contribution is -2.35. The first-order chi connectivity index (χ1) is 14.8. The second-order valence-electron chi connectivity index (χ2n) is 7.36. The number of benzene rings is 2. The van der Waals surface area contributed by atoms with Crippen LogP contribution in [0.15, 0.2) is 65.7 Å². The van der Waals surface area contributed by atoms with E-state index in [0.29, 0.717) is 18.2 Å². The second kappa shape index (κ2) is 11.8. The number of carboxylic acid groups (broad SMARTS) is 2. The molecule has 0 saturated carbocycles. The molecular weight excluding hydrogens is 392 g/mol. The third kappa shape index (κ3) is 7.50. The molecule has 1 aliphatic rings. The average molecular weight is 423 g/mol. The molecule has 1 aliphatic heterocycles. The van der Waals surface area contributed by atoms with Gasteiger partial charge in [0.2, 0.25) is 0 Å². The van der Waals surface area contributed by atoms with Crippen molar-refractivity contribution in [3.63, 3.8) is 0 Å². The number of likely N-dealkylation sites (N-methyl/N-ethyl adjacent to an activating group) is 1. The maximum Gasteiger partial charge on any atom is 0.328 e. The quantitative estimate of drug-likeness (QED) is 0.662. The summed E-state index contributed by atoms with van der Waals surface area (Å²) >= 11 is 0. The van der Waals surface area contributed by atoms with E-state index < -0.39 is 11.9 Å². The van der Waals surface area contributed by atoms with Gasteiger partial charge in [0.1, 0.15) is 0 Å². The molecule has 31 heavy (non-hydrogen) atoms. The molecule has 2 aromatic rings. The van der Waals surface area contributed by atoms with E-state index in [-0.39, 0.29) is 0 Å². The minimum atomic E-state index is -1.26. The highest BCUT2D eigenvalue weighted by atomic mass is 16.4. The molecule has 2 N–H and O–H groups in total. The lowest BCUT2D eigenvalue weighted by molar-refractivity contribution is -0.134. The van der Waals surface area contributed by atoms with Gasteiger partial charge in [-0.25, -0.2) is 9.59 Å². The first-order valence-corrected chi connectivity index (χ1v) is 10.4. The summed E-state index contributed by atoms with van der Waals surface area (Å²) in [7, 11) is 0. The lowest BCUT2D eigenvalue weighted by atomic mass is 9.89. The molecule has 1 atom stereocenters. The van der Waals surface area contributed by atoms with Crippen molar-refractivity contribution in [3.05, 3.63) is 82.9 Å². The highest BCUT2D eigenvalue weighted by Crippen LogP contribution is 2.25. The normalized spacial score (nSPS) is 15.1. The van der Waals surface area contributed by atoms with Crippen molar-refractivity contribution in [3.8, 4) is 0 Å². The van der Waals surface area contributed by atoms with Crippen LogP contribution in [0.4, 0.5) is 0 Å². The zero-order valence-electron chi connectivity index (χ0n) is 18.3.